The average molecular weight is 363 g/mol. The van der Waals surface area contributed by atoms with Crippen LogP contribution in [0.4, 0.5) is 10.1 Å². The smallest absolute Gasteiger partial charge is 0.251 e. The zero-order chi connectivity index (χ0) is 17.8. The summed E-state index contributed by atoms with van der Waals surface area (Å²) in [6.45, 7) is 6.42. The molecule has 1 aliphatic heterocycles. The highest BCUT2D eigenvalue weighted by Crippen LogP contribution is 2.22. The van der Waals surface area contributed by atoms with Gasteiger partial charge in [-0.15, -0.1) is 11.3 Å². The first kappa shape index (κ1) is 17.8. The number of carbonyl (C=O) groups excluding carboxylic acids is 1. The summed E-state index contributed by atoms with van der Waals surface area (Å²) in [7, 11) is 0. The standard InChI is InChI=1S/C18H22FN3O2S/c1-3-17-21-15(11-25-17)12(2)20-18(23)13-4-5-16(14(19)10-13)22-6-8-24-9-7-22/h4-5,10-12H,3,6-9H2,1-2H3,(H,20,23)/t12-/m1/s1. The summed E-state index contributed by atoms with van der Waals surface area (Å²) in [5.41, 5.74) is 1.66. The minimum absolute atomic E-state index is 0.217. The molecular formula is C18H22FN3O2S. The van der Waals surface area contributed by atoms with Crippen molar-refractivity contribution in [2.24, 2.45) is 0 Å². The summed E-state index contributed by atoms with van der Waals surface area (Å²) in [6.07, 6.45) is 0.875. The lowest BCUT2D eigenvalue weighted by molar-refractivity contribution is 0.0938. The lowest BCUT2D eigenvalue weighted by atomic mass is 10.1. The topological polar surface area (TPSA) is 54.5 Å². The number of aryl methyl sites for hydroxylation is 1. The van der Waals surface area contributed by atoms with Crippen LogP contribution >= 0.6 is 11.3 Å². The average Bonchev–Trinajstić information content (AvgIpc) is 3.11. The monoisotopic (exact) mass is 363 g/mol. The van der Waals surface area contributed by atoms with Crippen molar-refractivity contribution in [2.45, 2.75) is 26.3 Å². The quantitative estimate of drug-likeness (QED) is 0.887. The van der Waals surface area contributed by atoms with Crippen LogP contribution in [0.3, 0.4) is 0 Å². The number of nitrogens with zero attached hydrogens (tertiary/aromatic N) is 2. The fourth-order valence-electron chi connectivity index (χ4n) is 2.75. The zero-order valence-electron chi connectivity index (χ0n) is 14.4. The molecule has 0 unspecified atom stereocenters. The Hall–Kier alpha value is -1.99. The van der Waals surface area contributed by atoms with E-state index in [0.717, 1.165) is 17.1 Å². The van der Waals surface area contributed by atoms with Crippen LogP contribution in [0, 0.1) is 5.82 Å². The molecule has 5 nitrogen and oxygen atoms in total. The molecule has 2 heterocycles. The Morgan fingerprint density at radius 3 is 2.84 bits per heavy atom. The van der Waals surface area contributed by atoms with E-state index in [0.29, 0.717) is 37.6 Å². The highest BCUT2D eigenvalue weighted by atomic mass is 32.1. The van der Waals surface area contributed by atoms with Crippen LogP contribution in [-0.4, -0.2) is 37.2 Å². The summed E-state index contributed by atoms with van der Waals surface area (Å²) in [4.78, 5) is 18.8. The first-order valence-electron chi connectivity index (χ1n) is 8.46. The summed E-state index contributed by atoms with van der Waals surface area (Å²) < 4.78 is 19.7. The molecule has 1 amide bonds. The molecule has 2 aromatic rings. The fourth-order valence-corrected chi connectivity index (χ4v) is 3.59. The number of rotatable bonds is 5. The Kier molecular flexibility index (Phi) is 5.65. The van der Waals surface area contributed by atoms with Gasteiger partial charge in [-0.2, -0.15) is 0 Å². The molecule has 0 radical (unpaired) electrons. The van der Waals surface area contributed by atoms with Gasteiger partial charge >= 0.3 is 0 Å². The maximum absolute atomic E-state index is 14.4. The van der Waals surface area contributed by atoms with E-state index in [1.807, 2.05) is 24.1 Å². The van der Waals surface area contributed by atoms with Crippen molar-refractivity contribution in [1.29, 1.82) is 0 Å². The molecule has 0 aliphatic carbocycles. The molecule has 1 N–H and O–H groups in total. The van der Waals surface area contributed by atoms with E-state index in [1.54, 1.807) is 23.5 Å². The third-order valence-corrected chi connectivity index (χ3v) is 5.24. The molecule has 1 aromatic carbocycles. The molecule has 25 heavy (non-hydrogen) atoms. The Morgan fingerprint density at radius 2 is 2.20 bits per heavy atom. The van der Waals surface area contributed by atoms with Gasteiger partial charge in [-0.25, -0.2) is 9.37 Å². The van der Waals surface area contributed by atoms with Gasteiger partial charge in [-0.3, -0.25) is 4.79 Å². The number of carbonyl (C=O) groups is 1. The molecule has 0 saturated carbocycles. The van der Waals surface area contributed by atoms with Crippen LogP contribution < -0.4 is 10.2 Å². The van der Waals surface area contributed by atoms with Gasteiger partial charge in [0.25, 0.3) is 5.91 Å². The molecule has 1 saturated heterocycles. The number of amides is 1. The predicted octanol–water partition coefficient (Wildman–Crippen LogP) is 3.17. The number of anilines is 1. The molecule has 1 aromatic heterocycles. The van der Waals surface area contributed by atoms with Crippen LogP contribution in [-0.2, 0) is 11.2 Å². The summed E-state index contributed by atoms with van der Waals surface area (Å²) in [5, 5.41) is 5.87. The molecule has 0 bridgehead atoms. The van der Waals surface area contributed by atoms with Gasteiger partial charge in [0, 0.05) is 24.0 Å². The first-order chi connectivity index (χ1) is 12.1. The van der Waals surface area contributed by atoms with E-state index in [9.17, 15) is 9.18 Å². The van der Waals surface area contributed by atoms with Crippen molar-refractivity contribution in [2.75, 3.05) is 31.2 Å². The van der Waals surface area contributed by atoms with Crippen LogP contribution in [0.15, 0.2) is 23.6 Å². The lowest BCUT2D eigenvalue weighted by Crippen LogP contribution is -2.36. The Bertz CT molecular complexity index is 744. The molecule has 134 valence electrons. The molecular weight excluding hydrogens is 341 g/mol. The normalized spacial score (nSPS) is 15.9. The minimum atomic E-state index is -0.385. The maximum atomic E-state index is 14.4. The number of aromatic nitrogens is 1. The van der Waals surface area contributed by atoms with Crippen LogP contribution in [0.5, 0.6) is 0 Å². The highest BCUT2D eigenvalue weighted by molar-refractivity contribution is 7.09. The summed E-state index contributed by atoms with van der Waals surface area (Å²) in [6, 6.07) is 4.41. The van der Waals surface area contributed by atoms with E-state index in [2.05, 4.69) is 10.3 Å². The Morgan fingerprint density at radius 1 is 1.44 bits per heavy atom. The van der Waals surface area contributed by atoms with Crippen molar-refractivity contribution in [1.82, 2.24) is 10.3 Å². The summed E-state index contributed by atoms with van der Waals surface area (Å²) in [5.74, 6) is -0.685. The number of benzene rings is 1. The minimum Gasteiger partial charge on any atom is -0.378 e. The molecule has 1 fully saturated rings. The number of morpholine rings is 1. The van der Waals surface area contributed by atoms with Crippen molar-refractivity contribution in [3.05, 3.63) is 45.7 Å². The largest absolute Gasteiger partial charge is 0.378 e. The number of thiazole rings is 1. The van der Waals surface area contributed by atoms with Gasteiger partial charge in [0.15, 0.2) is 0 Å². The number of hydrogen-bond acceptors (Lipinski definition) is 5. The van der Waals surface area contributed by atoms with E-state index in [1.165, 1.54) is 6.07 Å². The van der Waals surface area contributed by atoms with Crippen LogP contribution in [0.1, 0.15) is 40.9 Å². The SMILES string of the molecule is CCc1nc([C@@H](C)NC(=O)c2ccc(N3CCOCC3)c(F)c2)cs1. The van der Waals surface area contributed by atoms with Gasteiger partial charge in [0.2, 0.25) is 0 Å². The molecule has 7 heteroatoms. The fraction of sp³-hybridized carbons (Fsp3) is 0.444. The van der Waals surface area contributed by atoms with Crippen molar-refractivity contribution in [3.63, 3.8) is 0 Å². The Labute approximate surface area is 150 Å². The maximum Gasteiger partial charge on any atom is 0.251 e. The number of nitrogens with one attached hydrogen (secondary N) is 1. The van der Waals surface area contributed by atoms with Crippen LogP contribution in [0.2, 0.25) is 0 Å². The first-order valence-corrected chi connectivity index (χ1v) is 9.34. The number of hydrogen-bond donors (Lipinski definition) is 1. The van der Waals surface area contributed by atoms with E-state index in [4.69, 9.17) is 4.74 Å². The van der Waals surface area contributed by atoms with Gasteiger partial charge < -0.3 is 15.0 Å². The summed E-state index contributed by atoms with van der Waals surface area (Å²) >= 11 is 1.58. The van der Waals surface area contributed by atoms with E-state index >= 15 is 0 Å². The molecule has 1 atom stereocenters. The van der Waals surface area contributed by atoms with Crippen molar-refractivity contribution < 1.29 is 13.9 Å². The second-order valence-corrected chi connectivity index (χ2v) is 6.92. The van der Waals surface area contributed by atoms with Gasteiger partial charge in [0.1, 0.15) is 5.82 Å². The Balaban J connectivity index is 1.68. The molecule has 1 aliphatic rings. The van der Waals surface area contributed by atoms with Gasteiger partial charge in [-0.1, -0.05) is 6.92 Å². The second kappa shape index (κ2) is 7.93. The number of ether oxygens (including phenoxy) is 1. The van der Waals surface area contributed by atoms with Crippen LogP contribution in [0.25, 0.3) is 0 Å². The predicted molar refractivity (Wildman–Crippen MR) is 96.8 cm³/mol. The van der Waals surface area contributed by atoms with Gasteiger partial charge in [-0.05, 0) is 31.5 Å². The van der Waals surface area contributed by atoms with E-state index < -0.39 is 0 Å². The second-order valence-electron chi connectivity index (χ2n) is 5.98. The highest BCUT2D eigenvalue weighted by Gasteiger charge is 2.18. The third kappa shape index (κ3) is 4.16. The van der Waals surface area contributed by atoms with E-state index in [-0.39, 0.29) is 17.8 Å². The van der Waals surface area contributed by atoms with Gasteiger partial charge in [0.05, 0.1) is 35.6 Å². The molecule has 0 spiro atoms. The van der Waals surface area contributed by atoms with Crippen molar-refractivity contribution >= 4 is 22.9 Å². The van der Waals surface area contributed by atoms with Crippen molar-refractivity contribution in [3.8, 4) is 0 Å². The number of halogens is 1. The molecule has 3 rings (SSSR count). The third-order valence-electron chi connectivity index (χ3n) is 4.22. The zero-order valence-corrected chi connectivity index (χ0v) is 15.2. The lowest BCUT2D eigenvalue weighted by Gasteiger charge is -2.29.